The molecule has 1 heterocycles. The maximum atomic E-state index is 7.43. The molecule has 0 unspecified atom stereocenters. The lowest BCUT2D eigenvalue weighted by molar-refractivity contribution is -0.161. The summed E-state index contributed by atoms with van der Waals surface area (Å²) in [7, 11) is -2.57. The quantitative estimate of drug-likeness (QED) is 0.713. The highest BCUT2D eigenvalue weighted by atomic mass is 28.4. The zero-order valence-corrected chi connectivity index (χ0v) is 19.1. The Hall–Kier alpha value is -1.46. The molecule has 2 aliphatic carbocycles. The topological polar surface area (TPSA) is 27.7 Å². The average Bonchev–Trinajstić information content (AvgIpc) is 3.33. The van der Waals surface area contributed by atoms with Crippen molar-refractivity contribution in [3.63, 3.8) is 0 Å². The molecule has 5 atom stereocenters. The molecule has 0 amide bonds. The van der Waals surface area contributed by atoms with E-state index >= 15 is 0 Å². The first-order valence-corrected chi connectivity index (χ1v) is 12.8. The Labute approximate surface area is 175 Å². The maximum absolute atomic E-state index is 7.43. The van der Waals surface area contributed by atoms with Crippen molar-refractivity contribution in [3.8, 4) is 0 Å². The molecule has 29 heavy (non-hydrogen) atoms. The number of rotatable bonds is 4. The average molecular weight is 409 g/mol. The molecule has 1 aliphatic heterocycles. The van der Waals surface area contributed by atoms with Gasteiger partial charge in [-0.15, -0.1) is 0 Å². The van der Waals surface area contributed by atoms with Gasteiger partial charge in [0, 0.05) is 0 Å². The second kappa shape index (κ2) is 6.52. The van der Waals surface area contributed by atoms with Crippen molar-refractivity contribution in [1.82, 2.24) is 0 Å². The standard InChI is InChI=1S/C25H32O3Si/c1-24(2,3)29(17-12-8-6-9-13-17,18-14-10-7-11-15-18)28-22-20-16-19(20)21-23(22)27-25(4,5)26-21/h6-15,19-23H,16H2,1-5H3/t19-,20+,21-,22+,23-/m1/s1. The van der Waals surface area contributed by atoms with Crippen LogP contribution in [0, 0.1) is 11.8 Å². The fraction of sp³-hybridized carbons (Fsp3) is 0.520. The molecule has 2 saturated carbocycles. The number of benzene rings is 2. The van der Waals surface area contributed by atoms with Crippen LogP contribution in [0.3, 0.4) is 0 Å². The van der Waals surface area contributed by atoms with Gasteiger partial charge in [0.2, 0.25) is 0 Å². The van der Waals surface area contributed by atoms with Crippen molar-refractivity contribution in [2.45, 2.75) is 70.2 Å². The summed E-state index contributed by atoms with van der Waals surface area (Å²) in [5, 5.41) is 2.64. The van der Waals surface area contributed by atoms with Gasteiger partial charge in [-0.3, -0.25) is 0 Å². The van der Waals surface area contributed by atoms with Crippen LogP contribution in [0.25, 0.3) is 0 Å². The van der Waals surface area contributed by atoms with E-state index in [-0.39, 0.29) is 23.4 Å². The third-order valence-electron chi connectivity index (χ3n) is 6.95. The number of fused-ring (bicyclic) bond motifs is 3. The monoisotopic (exact) mass is 408 g/mol. The van der Waals surface area contributed by atoms with E-state index in [0.717, 1.165) is 0 Å². The van der Waals surface area contributed by atoms with E-state index in [0.29, 0.717) is 11.8 Å². The largest absolute Gasteiger partial charge is 0.401 e. The summed E-state index contributed by atoms with van der Waals surface area (Å²) in [5.41, 5.74) is 0. The second-order valence-corrected chi connectivity index (χ2v) is 14.6. The molecule has 5 rings (SSSR count). The van der Waals surface area contributed by atoms with Gasteiger partial charge in [-0.1, -0.05) is 81.4 Å². The van der Waals surface area contributed by atoms with Gasteiger partial charge >= 0.3 is 0 Å². The first-order chi connectivity index (χ1) is 13.7. The van der Waals surface area contributed by atoms with Gasteiger partial charge in [0.1, 0.15) is 6.10 Å². The van der Waals surface area contributed by atoms with Crippen molar-refractivity contribution in [2.75, 3.05) is 0 Å². The van der Waals surface area contributed by atoms with Crippen molar-refractivity contribution in [2.24, 2.45) is 11.8 Å². The van der Waals surface area contributed by atoms with E-state index in [2.05, 4.69) is 81.4 Å². The number of ether oxygens (including phenoxy) is 2. The molecule has 2 aromatic rings. The SMILES string of the molecule is CC1(C)O[C@@H]2[C@H](O1)[C@@H]1C[C@@H]1[C@@H]2O[Si](c1ccccc1)(c1ccccc1)C(C)(C)C. The fourth-order valence-corrected chi connectivity index (χ4v) is 10.4. The summed E-state index contributed by atoms with van der Waals surface area (Å²) in [6, 6.07) is 21.8. The fourth-order valence-electron chi connectivity index (χ4n) is 5.69. The third kappa shape index (κ3) is 3.04. The van der Waals surface area contributed by atoms with Gasteiger partial charge in [0.15, 0.2) is 5.79 Å². The van der Waals surface area contributed by atoms with Gasteiger partial charge in [-0.05, 0) is 47.5 Å². The van der Waals surface area contributed by atoms with E-state index in [1.165, 1.54) is 16.8 Å². The molecular weight excluding hydrogens is 376 g/mol. The van der Waals surface area contributed by atoms with Crippen molar-refractivity contribution in [1.29, 1.82) is 0 Å². The maximum Gasteiger partial charge on any atom is 0.261 e. The van der Waals surface area contributed by atoms with Crippen LogP contribution < -0.4 is 10.4 Å². The van der Waals surface area contributed by atoms with E-state index in [4.69, 9.17) is 13.9 Å². The van der Waals surface area contributed by atoms with Crippen LogP contribution >= 0.6 is 0 Å². The summed E-state index contributed by atoms with van der Waals surface area (Å²) >= 11 is 0. The van der Waals surface area contributed by atoms with E-state index < -0.39 is 14.1 Å². The molecule has 0 radical (unpaired) electrons. The molecule has 2 aromatic carbocycles. The van der Waals surface area contributed by atoms with Crippen LogP contribution in [-0.4, -0.2) is 32.4 Å². The number of hydrogen-bond donors (Lipinski definition) is 0. The normalized spacial score (nSPS) is 32.7. The van der Waals surface area contributed by atoms with E-state index in [1.807, 2.05) is 13.8 Å². The van der Waals surface area contributed by atoms with Crippen LogP contribution in [0.15, 0.2) is 60.7 Å². The first kappa shape index (κ1) is 19.5. The predicted molar refractivity (Wildman–Crippen MR) is 118 cm³/mol. The summed E-state index contributed by atoms with van der Waals surface area (Å²) < 4.78 is 20.1. The van der Waals surface area contributed by atoms with Gasteiger partial charge in [-0.2, -0.15) is 0 Å². The van der Waals surface area contributed by atoms with Gasteiger partial charge < -0.3 is 13.9 Å². The van der Waals surface area contributed by atoms with Crippen LogP contribution in [0.4, 0.5) is 0 Å². The van der Waals surface area contributed by atoms with Gasteiger partial charge in [0.05, 0.1) is 12.2 Å². The van der Waals surface area contributed by atoms with Crippen molar-refractivity contribution < 1.29 is 13.9 Å². The molecule has 3 fully saturated rings. The highest BCUT2D eigenvalue weighted by molar-refractivity contribution is 6.99. The van der Waals surface area contributed by atoms with Crippen LogP contribution in [0.2, 0.25) is 5.04 Å². The number of hydrogen-bond acceptors (Lipinski definition) is 3. The molecule has 0 N–H and O–H groups in total. The molecular formula is C25H32O3Si. The summed E-state index contributed by atoms with van der Waals surface area (Å²) in [6.07, 6.45) is 1.51. The molecule has 0 bridgehead atoms. The summed E-state index contributed by atoms with van der Waals surface area (Å²) in [4.78, 5) is 0. The van der Waals surface area contributed by atoms with Gasteiger partial charge in [-0.25, -0.2) is 0 Å². The zero-order chi connectivity index (χ0) is 20.4. The molecule has 0 aromatic heterocycles. The Balaban J connectivity index is 1.62. The highest BCUT2D eigenvalue weighted by Crippen LogP contribution is 2.60. The third-order valence-corrected chi connectivity index (χ3v) is 12.0. The molecule has 154 valence electrons. The zero-order valence-electron chi connectivity index (χ0n) is 18.1. The van der Waals surface area contributed by atoms with Crippen molar-refractivity contribution >= 4 is 18.7 Å². The molecule has 1 saturated heterocycles. The highest BCUT2D eigenvalue weighted by Gasteiger charge is 2.68. The van der Waals surface area contributed by atoms with Gasteiger partial charge in [0.25, 0.3) is 8.32 Å². The Bertz CT molecular complexity index is 834. The smallest absolute Gasteiger partial charge is 0.261 e. The Morgan fingerprint density at radius 3 is 1.86 bits per heavy atom. The summed E-state index contributed by atoms with van der Waals surface area (Å²) in [6.45, 7) is 11.1. The molecule has 0 spiro atoms. The van der Waals surface area contributed by atoms with Crippen molar-refractivity contribution in [3.05, 3.63) is 60.7 Å². The van der Waals surface area contributed by atoms with Crippen LogP contribution in [0.1, 0.15) is 41.0 Å². The lowest BCUT2D eigenvalue weighted by Crippen LogP contribution is -2.68. The summed E-state index contributed by atoms with van der Waals surface area (Å²) in [5.74, 6) is 0.628. The van der Waals surface area contributed by atoms with Crippen LogP contribution in [-0.2, 0) is 13.9 Å². The first-order valence-electron chi connectivity index (χ1n) is 10.9. The minimum absolute atomic E-state index is 0.0207. The lowest BCUT2D eigenvalue weighted by Gasteiger charge is -2.45. The predicted octanol–water partition coefficient (Wildman–Crippen LogP) is 4.10. The Morgan fingerprint density at radius 1 is 0.828 bits per heavy atom. The van der Waals surface area contributed by atoms with Crippen LogP contribution in [0.5, 0.6) is 0 Å². The molecule has 3 aliphatic rings. The lowest BCUT2D eigenvalue weighted by atomic mass is 10.1. The Kier molecular flexibility index (Phi) is 4.38. The Morgan fingerprint density at radius 2 is 1.34 bits per heavy atom. The molecule has 4 heteroatoms. The van der Waals surface area contributed by atoms with E-state index in [9.17, 15) is 0 Å². The minimum atomic E-state index is -2.57. The second-order valence-electron chi connectivity index (χ2n) is 10.4. The van der Waals surface area contributed by atoms with E-state index in [1.54, 1.807) is 0 Å². The minimum Gasteiger partial charge on any atom is -0.401 e. The molecule has 3 nitrogen and oxygen atoms in total.